The average Bonchev–Trinajstić information content (AvgIpc) is 1.19. The van der Waals surface area contributed by atoms with Crippen molar-refractivity contribution in [3.05, 3.63) is 0 Å². The van der Waals surface area contributed by atoms with Crippen LogP contribution in [0, 0.1) is 0 Å². The first kappa shape index (κ1) is 12.2. The molecule has 0 aromatic heterocycles. The van der Waals surface area contributed by atoms with Crippen LogP contribution in [0.2, 0.25) is 0 Å². The molecule has 0 aliphatic heterocycles. The van der Waals surface area contributed by atoms with Crippen LogP contribution >= 0.6 is 11.6 Å². The molecule has 1 nitrogen and oxygen atoms in total. The van der Waals surface area contributed by atoms with E-state index in [1.54, 1.807) is 0 Å². The molecule has 58 valence electrons. The number of halogens is 1. The van der Waals surface area contributed by atoms with Gasteiger partial charge in [-0.1, -0.05) is 0 Å². The summed E-state index contributed by atoms with van der Waals surface area (Å²) in [6, 6.07) is 0. The number of rotatable bonds is 0. The van der Waals surface area contributed by atoms with Gasteiger partial charge in [-0.05, 0) is 34.9 Å². The average molecular weight is 168 g/mol. The zero-order valence-electron chi connectivity index (χ0n) is 7.33. The Morgan fingerprint density at radius 3 is 1.22 bits per heavy atom. The quantitative estimate of drug-likeness (QED) is 0.382. The summed E-state index contributed by atoms with van der Waals surface area (Å²) in [4.78, 5) is -0.0278. The van der Waals surface area contributed by atoms with Crippen LogP contribution in [0.1, 0.15) is 20.8 Å². The topological polar surface area (TPSA) is 3.24 Å². The van der Waals surface area contributed by atoms with Crippen molar-refractivity contribution in [3.63, 3.8) is 0 Å². The maximum Gasteiger partial charge on any atom is 0.0777 e. The molecule has 0 spiro atoms. The maximum atomic E-state index is 5.53. The summed E-state index contributed by atoms with van der Waals surface area (Å²) in [7, 11) is 5.31. The highest BCUT2D eigenvalue weighted by atomic mass is 35.5. The van der Waals surface area contributed by atoms with E-state index in [1.165, 1.54) is 10.4 Å². The van der Waals surface area contributed by atoms with Crippen LogP contribution in [-0.4, -0.2) is 33.9 Å². The lowest BCUT2D eigenvalue weighted by Gasteiger charge is -2.01. The minimum atomic E-state index is -0.0278. The van der Waals surface area contributed by atoms with Crippen LogP contribution in [0.3, 0.4) is 0 Å². The van der Waals surface area contributed by atoms with Crippen molar-refractivity contribution < 1.29 is 0 Å². The molecule has 0 aromatic rings. The van der Waals surface area contributed by atoms with Gasteiger partial charge in [0.15, 0.2) is 0 Å². The zero-order valence-corrected chi connectivity index (χ0v) is 10.1. The maximum absolute atomic E-state index is 5.53. The van der Waals surface area contributed by atoms with Gasteiger partial charge in [-0.2, -0.15) is 0 Å². The summed E-state index contributed by atoms with van der Waals surface area (Å²) in [5.74, 6) is 0. The molecule has 0 aliphatic rings. The van der Waals surface area contributed by atoms with E-state index in [1.807, 2.05) is 20.8 Å². The van der Waals surface area contributed by atoms with Crippen LogP contribution in [0.15, 0.2) is 0 Å². The van der Waals surface area contributed by atoms with Gasteiger partial charge >= 0.3 is 0 Å². The predicted octanol–water partition coefficient (Wildman–Crippen LogP) is 0.852. The fourth-order valence-electron chi connectivity index (χ4n) is 0. The van der Waals surface area contributed by atoms with Crippen LogP contribution in [0.4, 0.5) is 0 Å². The van der Waals surface area contributed by atoms with E-state index in [-0.39, 0.29) is 4.87 Å². The van der Waals surface area contributed by atoms with E-state index >= 15 is 0 Å². The third-order valence-electron chi connectivity index (χ3n) is 0. The van der Waals surface area contributed by atoms with E-state index < -0.39 is 0 Å². The minimum absolute atomic E-state index is 0.0278. The van der Waals surface area contributed by atoms with Gasteiger partial charge < -0.3 is 4.57 Å². The molecule has 0 aromatic carbocycles. The van der Waals surface area contributed by atoms with Crippen molar-refractivity contribution in [2.75, 3.05) is 14.1 Å². The van der Waals surface area contributed by atoms with Gasteiger partial charge in [0.1, 0.15) is 0 Å². The first-order valence-electron chi connectivity index (χ1n) is 3.03. The lowest BCUT2D eigenvalue weighted by Crippen LogP contribution is -2.02. The van der Waals surface area contributed by atoms with Gasteiger partial charge in [0.25, 0.3) is 0 Å². The molecule has 0 bridgehead atoms. The van der Waals surface area contributed by atoms with Gasteiger partial charge in [-0.15, -0.1) is 11.6 Å². The molecular formula is C6H18ClNSi. The fourth-order valence-corrected chi connectivity index (χ4v) is 0. The monoisotopic (exact) mass is 167 g/mol. The summed E-state index contributed by atoms with van der Waals surface area (Å²) in [6.07, 6.45) is 0. The smallest absolute Gasteiger partial charge is 0.0777 e. The van der Waals surface area contributed by atoms with Gasteiger partial charge in [-0.25, -0.2) is 0 Å². The molecule has 0 aliphatic carbocycles. The van der Waals surface area contributed by atoms with Crippen LogP contribution in [-0.2, 0) is 0 Å². The number of alkyl halides is 1. The molecule has 0 radical (unpaired) electrons. The van der Waals surface area contributed by atoms with Crippen LogP contribution in [0.5, 0.6) is 0 Å². The third-order valence-corrected chi connectivity index (χ3v) is 0. The van der Waals surface area contributed by atoms with E-state index in [4.69, 9.17) is 11.6 Å². The van der Waals surface area contributed by atoms with Crippen LogP contribution in [0.25, 0.3) is 0 Å². The molecule has 3 heteroatoms. The minimum Gasteiger partial charge on any atom is -0.337 e. The number of hydrogen-bond donors (Lipinski definition) is 0. The second kappa shape index (κ2) is 5.27. The first-order chi connectivity index (χ1) is 3.73. The largest absolute Gasteiger partial charge is 0.337 e. The molecule has 0 heterocycles. The zero-order chi connectivity index (χ0) is 8.08. The van der Waals surface area contributed by atoms with E-state index in [0.717, 1.165) is 0 Å². The standard InChI is InChI=1S/C4H9Cl.C2H9NSi/c1-4(2,3)5;1-3(2)4/h1-3H3;1-2,4H3. The molecule has 0 amide bonds. The van der Waals surface area contributed by atoms with Gasteiger partial charge in [0, 0.05) is 4.87 Å². The van der Waals surface area contributed by atoms with Crippen molar-refractivity contribution in [1.82, 2.24) is 4.57 Å². The summed E-state index contributed by atoms with van der Waals surface area (Å²) in [5.41, 5.74) is 0. The van der Waals surface area contributed by atoms with Crippen LogP contribution < -0.4 is 0 Å². The Labute approximate surface area is 66.9 Å². The second-order valence-corrected chi connectivity index (χ2v) is 6.33. The Morgan fingerprint density at radius 2 is 1.22 bits per heavy atom. The summed E-state index contributed by atoms with van der Waals surface area (Å²) in [6.45, 7) is 5.86. The van der Waals surface area contributed by atoms with E-state index in [9.17, 15) is 0 Å². The highest BCUT2D eigenvalue weighted by molar-refractivity contribution is 6.23. The van der Waals surface area contributed by atoms with E-state index in [0.29, 0.717) is 0 Å². The van der Waals surface area contributed by atoms with E-state index in [2.05, 4.69) is 18.7 Å². The van der Waals surface area contributed by atoms with Crippen molar-refractivity contribution in [2.45, 2.75) is 25.6 Å². The number of hydrogen-bond acceptors (Lipinski definition) is 1. The lowest BCUT2D eigenvalue weighted by atomic mass is 10.3. The predicted molar refractivity (Wildman–Crippen MR) is 49.2 cm³/mol. The molecule has 9 heavy (non-hydrogen) atoms. The molecule has 0 fully saturated rings. The highest BCUT2D eigenvalue weighted by Crippen LogP contribution is 2.07. The first-order valence-corrected chi connectivity index (χ1v) is 4.30. The molecule has 0 saturated heterocycles. The van der Waals surface area contributed by atoms with Crippen molar-refractivity contribution >= 4 is 22.0 Å². The van der Waals surface area contributed by atoms with Crippen molar-refractivity contribution in [2.24, 2.45) is 0 Å². The summed E-state index contributed by atoms with van der Waals surface area (Å²) < 4.78 is 2.14. The molecule has 0 rings (SSSR count). The second-order valence-electron chi connectivity index (χ2n) is 3.41. The molecule has 0 unspecified atom stereocenters. The molecule has 0 N–H and O–H groups in total. The van der Waals surface area contributed by atoms with Gasteiger partial charge in [0.05, 0.1) is 10.4 Å². The molecule has 0 saturated carbocycles. The normalized spacial score (nSPS) is 11.0. The van der Waals surface area contributed by atoms with Gasteiger partial charge in [0.2, 0.25) is 0 Å². The Morgan fingerprint density at radius 1 is 1.22 bits per heavy atom. The Bertz CT molecular complexity index is 49.8. The Hall–Kier alpha value is 0.467. The number of nitrogens with zero attached hydrogens (tertiary/aromatic N) is 1. The lowest BCUT2D eigenvalue weighted by molar-refractivity contribution is 0.679. The molecular weight excluding hydrogens is 150 g/mol. The fraction of sp³-hybridized carbons (Fsp3) is 1.00. The molecule has 0 atom stereocenters. The van der Waals surface area contributed by atoms with Crippen molar-refractivity contribution in [3.8, 4) is 0 Å². The summed E-state index contributed by atoms with van der Waals surface area (Å²) in [5, 5.41) is 0. The Kier molecular flexibility index (Phi) is 7.12. The van der Waals surface area contributed by atoms with Gasteiger partial charge in [-0.3, -0.25) is 0 Å². The Balaban J connectivity index is 0. The summed E-state index contributed by atoms with van der Waals surface area (Å²) >= 11 is 5.53. The SMILES string of the molecule is CC(C)(C)Cl.CN(C)[SiH3]. The van der Waals surface area contributed by atoms with Crippen molar-refractivity contribution in [1.29, 1.82) is 0 Å². The third kappa shape index (κ3) is 1620. The highest BCUT2D eigenvalue weighted by Gasteiger charge is 1.99.